The molecule has 0 unspecified atom stereocenters. The van der Waals surface area contributed by atoms with E-state index in [0.29, 0.717) is 10.5 Å². The Kier molecular flexibility index (Phi) is 3.74. The molecule has 1 rings (SSSR count). The SMILES string of the molecule is CSc1ccc(CC(=O)O)cc1C(=O)O. The lowest BCUT2D eigenvalue weighted by Gasteiger charge is -2.04. The number of thioether (sulfide) groups is 1. The zero-order chi connectivity index (χ0) is 11.4. The van der Waals surface area contributed by atoms with Crippen LogP contribution in [0.2, 0.25) is 0 Å². The molecule has 5 heteroatoms. The predicted molar refractivity (Wildman–Crippen MR) is 56.5 cm³/mol. The summed E-state index contributed by atoms with van der Waals surface area (Å²) in [5.41, 5.74) is 0.652. The van der Waals surface area contributed by atoms with E-state index in [2.05, 4.69) is 0 Å². The number of hydrogen-bond acceptors (Lipinski definition) is 3. The number of hydrogen-bond donors (Lipinski definition) is 2. The molecule has 1 aromatic rings. The van der Waals surface area contributed by atoms with Gasteiger partial charge in [-0.1, -0.05) is 6.07 Å². The highest BCUT2D eigenvalue weighted by molar-refractivity contribution is 7.98. The quantitative estimate of drug-likeness (QED) is 0.765. The molecular formula is C10H10O4S. The highest BCUT2D eigenvalue weighted by Crippen LogP contribution is 2.21. The van der Waals surface area contributed by atoms with Gasteiger partial charge in [-0.2, -0.15) is 0 Å². The summed E-state index contributed by atoms with van der Waals surface area (Å²) in [6, 6.07) is 4.67. The van der Waals surface area contributed by atoms with Crippen LogP contribution in [-0.4, -0.2) is 28.4 Å². The lowest BCUT2D eigenvalue weighted by Crippen LogP contribution is -2.04. The van der Waals surface area contributed by atoms with E-state index in [1.54, 1.807) is 18.4 Å². The second-order valence-electron chi connectivity index (χ2n) is 2.91. The molecule has 0 saturated carbocycles. The number of benzene rings is 1. The Morgan fingerprint density at radius 1 is 1.33 bits per heavy atom. The average molecular weight is 226 g/mol. The molecule has 4 nitrogen and oxygen atoms in total. The molecule has 0 radical (unpaired) electrons. The molecule has 0 saturated heterocycles. The number of carboxylic acid groups (broad SMARTS) is 2. The number of carbonyl (C=O) groups is 2. The maximum absolute atomic E-state index is 10.9. The van der Waals surface area contributed by atoms with Gasteiger partial charge in [-0.15, -0.1) is 11.8 Å². The Hall–Kier alpha value is -1.49. The summed E-state index contributed by atoms with van der Waals surface area (Å²) in [4.78, 5) is 21.9. The zero-order valence-electron chi connectivity index (χ0n) is 8.06. The summed E-state index contributed by atoms with van der Waals surface area (Å²) in [6.45, 7) is 0. The fraction of sp³-hybridized carbons (Fsp3) is 0.200. The van der Waals surface area contributed by atoms with Crippen molar-refractivity contribution in [2.45, 2.75) is 11.3 Å². The molecule has 0 aliphatic rings. The maximum Gasteiger partial charge on any atom is 0.336 e. The standard InChI is InChI=1S/C10H10O4S/c1-15-8-3-2-6(5-9(11)12)4-7(8)10(13)14/h2-4H,5H2,1H3,(H,11,12)(H,13,14). The average Bonchev–Trinajstić information content (AvgIpc) is 2.16. The third-order valence-electron chi connectivity index (χ3n) is 1.85. The van der Waals surface area contributed by atoms with Crippen LogP contribution in [0.4, 0.5) is 0 Å². The Labute approximate surface area is 90.9 Å². The molecule has 0 heterocycles. The van der Waals surface area contributed by atoms with Crippen molar-refractivity contribution in [2.75, 3.05) is 6.26 Å². The van der Waals surface area contributed by atoms with Gasteiger partial charge in [0.1, 0.15) is 0 Å². The molecule has 2 N–H and O–H groups in total. The monoisotopic (exact) mass is 226 g/mol. The van der Waals surface area contributed by atoms with Crippen molar-refractivity contribution in [3.63, 3.8) is 0 Å². The summed E-state index contributed by atoms with van der Waals surface area (Å²) in [5.74, 6) is -2.00. The van der Waals surface area contributed by atoms with Gasteiger partial charge in [-0.05, 0) is 24.0 Å². The van der Waals surface area contributed by atoms with Crippen molar-refractivity contribution in [2.24, 2.45) is 0 Å². The van der Waals surface area contributed by atoms with Gasteiger partial charge in [-0.3, -0.25) is 4.79 Å². The summed E-state index contributed by atoms with van der Waals surface area (Å²) in [6.07, 6.45) is 1.62. The van der Waals surface area contributed by atoms with Crippen molar-refractivity contribution in [1.82, 2.24) is 0 Å². The molecule has 0 aliphatic carbocycles. The lowest BCUT2D eigenvalue weighted by molar-refractivity contribution is -0.136. The molecule has 0 aromatic heterocycles. The molecule has 0 bridgehead atoms. The fourth-order valence-corrected chi connectivity index (χ4v) is 1.78. The number of rotatable bonds is 4. The first-order chi connectivity index (χ1) is 7.04. The van der Waals surface area contributed by atoms with Gasteiger partial charge in [-0.25, -0.2) is 4.79 Å². The highest BCUT2D eigenvalue weighted by atomic mass is 32.2. The van der Waals surface area contributed by atoms with Crippen LogP contribution in [0, 0.1) is 0 Å². The molecule has 80 valence electrons. The molecule has 1 aromatic carbocycles. The summed E-state index contributed by atoms with van der Waals surface area (Å²) >= 11 is 1.32. The minimum atomic E-state index is -1.04. The van der Waals surface area contributed by atoms with Gasteiger partial charge in [0.05, 0.1) is 12.0 Å². The third-order valence-corrected chi connectivity index (χ3v) is 2.65. The molecular weight excluding hydrogens is 216 g/mol. The van der Waals surface area contributed by atoms with Crippen LogP contribution in [0.15, 0.2) is 23.1 Å². The van der Waals surface area contributed by atoms with E-state index in [1.165, 1.54) is 17.8 Å². The van der Waals surface area contributed by atoms with E-state index in [1.807, 2.05) is 0 Å². The first-order valence-corrected chi connectivity index (χ1v) is 5.39. The first kappa shape index (κ1) is 11.6. The van der Waals surface area contributed by atoms with E-state index in [9.17, 15) is 9.59 Å². The van der Waals surface area contributed by atoms with Crippen LogP contribution in [-0.2, 0) is 11.2 Å². The lowest BCUT2D eigenvalue weighted by atomic mass is 10.1. The van der Waals surface area contributed by atoms with Crippen molar-refractivity contribution >= 4 is 23.7 Å². The number of aliphatic carboxylic acids is 1. The summed E-state index contributed by atoms with van der Waals surface area (Å²) in [7, 11) is 0. The van der Waals surface area contributed by atoms with Gasteiger partial charge in [0.2, 0.25) is 0 Å². The molecule has 0 fully saturated rings. The van der Waals surface area contributed by atoms with Crippen LogP contribution in [0.5, 0.6) is 0 Å². The third kappa shape index (κ3) is 2.99. The normalized spacial score (nSPS) is 9.93. The Balaban J connectivity index is 3.10. The van der Waals surface area contributed by atoms with Crippen LogP contribution >= 0.6 is 11.8 Å². The minimum Gasteiger partial charge on any atom is -0.481 e. The van der Waals surface area contributed by atoms with E-state index < -0.39 is 11.9 Å². The van der Waals surface area contributed by atoms with Gasteiger partial charge in [0.15, 0.2) is 0 Å². The number of carboxylic acids is 2. The molecule has 0 aliphatic heterocycles. The minimum absolute atomic E-state index is 0.154. The number of aromatic carboxylic acids is 1. The van der Waals surface area contributed by atoms with E-state index in [-0.39, 0.29) is 12.0 Å². The maximum atomic E-state index is 10.9. The molecule has 15 heavy (non-hydrogen) atoms. The van der Waals surface area contributed by atoms with Gasteiger partial charge >= 0.3 is 11.9 Å². The second-order valence-corrected chi connectivity index (χ2v) is 3.76. The van der Waals surface area contributed by atoms with Gasteiger partial charge in [0.25, 0.3) is 0 Å². The van der Waals surface area contributed by atoms with Crippen molar-refractivity contribution in [3.8, 4) is 0 Å². The smallest absolute Gasteiger partial charge is 0.336 e. The Bertz CT molecular complexity index is 400. The largest absolute Gasteiger partial charge is 0.481 e. The topological polar surface area (TPSA) is 74.6 Å². The van der Waals surface area contributed by atoms with Gasteiger partial charge < -0.3 is 10.2 Å². The van der Waals surface area contributed by atoms with E-state index in [4.69, 9.17) is 10.2 Å². The Morgan fingerprint density at radius 3 is 2.47 bits per heavy atom. The molecule has 0 amide bonds. The van der Waals surface area contributed by atoms with E-state index in [0.717, 1.165) is 0 Å². The first-order valence-electron chi connectivity index (χ1n) is 4.16. The predicted octanol–water partition coefficient (Wildman–Crippen LogP) is 1.73. The fourth-order valence-electron chi connectivity index (χ4n) is 1.21. The second kappa shape index (κ2) is 4.84. The van der Waals surface area contributed by atoms with Crippen molar-refractivity contribution in [3.05, 3.63) is 29.3 Å². The highest BCUT2D eigenvalue weighted by Gasteiger charge is 2.11. The van der Waals surface area contributed by atoms with Crippen LogP contribution < -0.4 is 0 Å². The summed E-state index contributed by atoms with van der Waals surface area (Å²) < 4.78 is 0. The molecule has 0 spiro atoms. The molecule has 0 atom stereocenters. The zero-order valence-corrected chi connectivity index (χ0v) is 8.87. The summed E-state index contributed by atoms with van der Waals surface area (Å²) in [5, 5.41) is 17.5. The van der Waals surface area contributed by atoms with Crippen molar-refractivity contribution < 1.29 is 19.8 Å². The van der Waals surface area contributed by atoms with E-state index >= 15 is 0 Å². The van der Waals surface area contributed by atoms with Crippen molar-refractivity contribution in [1.29, 1.82) is 0 Å². The van der Waals surface area contributed by atoms with Crippen LogP contribution in [0.1, 0.15) is 15.9 Å². The van der Waals surface area contributed by atoms with Crippen LogP contribution in [0.3, 0.4) is 0 Å². The van der Waals surface area contributed by atoms with Crippen LogP contribution in [0.25, 0.3) is 0 Å². The van der Waals surface area contributed by atoms with Gasteiger partial charge in [0, 0.05) is 4.90 Å². The Morgan fingerprint density at radius 2 is 2.00 bits per heavy atom.